The molecule has 0 saturated carbocycles. The molecule has 128 valence electrons. The predicted octanol–water partition coefficient (Wildman–Crippen LogP) is 1.82. The molecule has 5 heteroatoms. The van der Waals surface area contributed by atoms with Gasteiger partial charge in [0.05, 0.1) is 18.8 Å². The predicted molar refractivity (Wildman–Crippen MR) is 90.2 cm³/mol. The highest BCUT2D eigenvalue weighted by Gasteiger charge is 2.22. The fraction of sp³-hybridized carbons (Fsp3) is 0.611. The summed E-state index contributed by atoms with van der Waals surface area (Å²) in [6.07, 6.45) is 0.0582. The first-order chi connectivity index (χ1) is 11.0. The molecule has 1 N–H and O–H groups in total. The third-order valence-electron chi connectivity index (χ3n) is 3.93. The third kappa shape index (κ3) is 6.29. The molecule has 1 amide bonds. The molecule has 0 bridgehead atoms. The van der Waals surface area contributed by atoms with Crippen molar-refractivity contribution in [2.45, 2.75) is 45.7 Å². The number of benzene rings is 1. The van der Waals surface area contributed by atoms with Crippen LogP contribution in [0.2, 0.25) is 0 Å². The maximum Gasteiger partial charge on any atom is 0.248 e. The largest absolute Gasteiger partial charge is 0.373 e. The molecule has 3 atom stereocenters. The van der Waals surface area contributed by atoms with Gasteiger partial charge >= 0.3 is 0 Å². The standard InChI is InChI=1S/C18H28N2O3/c1-14-11-20(12-15(2)23-14)10-9-19-18(21)16(3)22-13-17-7-5-4-6-8-17/h4-8,14-16H,9-13H2,1-3H3,(H,19,21)/t14-,15-,16+/m1/s1. The Labute approximate surface area is 139 Å². The lowest BCUT2D eigenvalue weighted by Gasteiger charge is -2.35. The number of nitrogens with one attached hydrogen (secondary N) is 1. The number of nitrogens with zero attached hydrogens (tertiary/aromatic N) is 1. The Kier molecular flexibility index (Phi) is 7.02. The molecule has 1 aromatic rings. The molecule has 23 heavy (non-hydrogen) atoms. The highest BCUT2D eigenvalue weighted by molar-refractivity contribution is 5.80. The van der Waals surface area contributed by atoms with E-state index in [2.05, 4.69) is 24.1 Å². The summed E-state index contributed by atoms with van der Waals surface area (Å²) in [6.45, 7) is 9.72. The van der Waals surface area contributed by atoms with Gasteiger partial charge in [-0.15, -0.1) is 0 Å². The van der Waals surface area contributed by atoms with Crippen molar-refractivity contribution in [3.8, 4) is 0 Å². The Morgan fingerprint density at radius 3 is 2.61 bits per heavy atom. The molecule has 0 aliphatic carbocycles. The molecule has 1 aliphatic heterocycles. The number of carbonyl (C=O) groups is 1. The van der Waals surface area contributed by atoms with Gasteiger partial charge < -0.3 is 14.8 Å². The maximum absolute atomic E-state index is 12.1. The first-order valence-electron chi connectivity index (χ1n) is 8.35. The molecule has 0 radical (unpaired) electrons. The minimum Gasteiger partial charge on any atom is -0.373 e. The second-order valence-electron chi connectivity index (χ2n) is 6.25. The minimum atomic E-state index is -0.447. The molecule has 5 nitrogen and oxygen atoms in total. The fourth-order valence-electron chi connectivity index (χ4n) is 2.82. The van der Waals surface area contributed by atoms with Crippen LogP contribution < -0.4 is 5.32 Å². The van der Waals surface area contributed by atoms with Crippen LogP contribution in [-0.2, 0) is 20.9 Å². The Morgan fingerprint density at radius 1 is 1.30 bits per heavy atom. The summed E-state index contributed by atoms with van der Waals surface area (Å²) in [6, 6.07) is 9.88. The van der Waals surface area contributed by atoms with Crippen LogP contribution in [0.5, 0.6) is 0 Å². The highest BCUT2D eigenvalue weighted by Crippen LogP contribution is 2.09. The van der Waals surface area contributed by atoms with Gasteiger partial charge in [-0.1, -0.05) is 30.3 Å². The van der Waals surface area contributed by atoms with Crippen LogP contribution in [0, 0.1) is 0 Å². The number of hydrogen-bond donors (Lipinski definition) is 1. The van der Waals surface area contributed by atoms with Crippen LogP contribution in [0.1, 0.15) is 26.3 Å². The summed E-state index contributed by atoms with van der Waals surface area (Å²) in [5.41, 5.74) is 1.07. The zero-order valence-corrected chi connectivity index (χ0v) is 14.3. The van der Waals surface area contributed by atoms with E-state index >= 15 is 0 Å². The van der Waals surface area contributed by atoms with E-state index in [4.69, 9.17) is 9.47 Å². The molecule has 2 rings (SSSR count). The summed E-state index contributed by atoms with van der Waals surface area (Å²) in [5.74, 6) is -0.0599. The van der Waals surface area contributed by atoms with E-state index < -0.39 is 6.10 Å². The Bertz CT molecular complexity index is 470. The first kappa shape index (κ1) is 17.9. The Hall–Kier alpha value is -1.43. The number of morpholine rings is 1. The number of hydrogen-bond acceptors (Lipinski definition) is 4. The van der Waals surface area contributed by atoms with E-state index in [1.54, 1.807) is 6.92 Å². The lowest BCUT2D eigenvalue weighted by molar-refractivity contribution is -0.132. The molecule has 0 spiro atoms. The maximum atomic E-state index is 12.1. The zero-order chi connectivity index (χ0) is 16.7. The average molecular weight is 320 g/mol. The van der Waals surface area contributed by atoms with Crippen molar-refractivity contribution in [3.05, 3.63) is 35.9 Å². The Morgan fingerprint density at radius 2 is 1.96 bits per heavy atom. The molecule has 1 aliphatic rings. The van der Waals surface area contributed by atoms with Crippen LogP contribution in [0.3, 0.4) is 0 Å². The van der Waals surface area contributed by atoms with E-state index in [1.165, 1.54) is 0 Å². The smallest absolute Gasteiger partial charge is 0.248 e. The molecule has 0 aromatic heterocycles. The van der Waals surface area contributed by atoms with Gasteiger partial charge in [0.2, 0.25) is 5.91 Å². The third-order valence-corrected chi connectivity index (χ3v) is 3.93. The van der Waals surface area contributed by atoms with Crippen molar-refractivity contribution in [1.82, 2.24) is 10.2 Å². The van der Waals surface area contributed by atoms with Crippen molar-refractivity contribution in [2.75, 3.05) is 26.2 Å². The summed E-state index contributed by atoms with van der Waals surface area (Å²) < 4.78 is 11.3. The second-order valence-corrected chi connectivity index (χ2v) is 6.25. The van der Waals surface area contributed by atoms with E-state index in [9.17, 15) is 4.79 Å². The quantitative estimate of drug-likeness (QED) is 0.832. The van der Waals surface area contributed by atoms with Gasteiger partial charge in [0.15, 0.2) is 0 Å². The van der Waals surface area contributed by atoms with Crippen LogP contribution in [0.4, 0.5) is 0 Å². The van der Waals surface area contributed by atoms with Gasteiger partial charge in [-0.25, -0.2) is 0 Å². The normalized spacial score (nSPS) is 23.4. The molecular weight excluding hydrogens is 292 g/mol. The van der Waals surface area contributed by atoms with Crippen molar-refractivity contribution in [3.63, 3.8) is 0 Å². The van der Waals surface area contributed by atoms with Gasteiger partial charge in [0.25, 0.3) is 0 Å². The topological polar surface area (TPSA) is 50.8 Å². The van der Waals surface area contributed by atoms with Crippen molar-refractivity contribution < 1.29 is 14.3 Å². The van der Waals surface area contributed by atoms with Crippen LogP contribution >= 0.6 is 0 Å². The number of ether oxygens (including phenoxy) is 2. The lowest BCUT2D eigenvalue weighted by atomic mass is 10.2. The summed E-state index contributed by atoms with van der Waals surface area (Å²) in [5, 5.41) is 2.95. The number of rotatable bonds is 7. The van der Waals surface area contributed by atoms with Gasteiger partial charge in [-0.3, -0.25) is 9.69 Å². The average Bonchev–Trinajstić information content (AvgIpc) is 2.52. The molecule has 1 aromatic carbocycles. The van der Waals surface area contributed by atoms with E-state index in [-0.39, 0.29) is 18.1 Å². The van der Waals surface area contributed by atoms with E-state index in [1.807, 2.05) is 30.3 Å². The number of amides is 1. The van der Waals surface area contributed by atoms with Gasteiger partial charge in [-0.2, -0.15) is 0 Å². The van der Waals surface area contributed by atoms with Crippen LogP contribution in [0.25, 0.3) is 0 Å². The van der Waals surface area contributed by atoms with Gasteiger partial charge in [0, 0.05) is 26.2 Å². The van der Waals surface area contributed by atoms with Gasteiger partial charge in [-0.05, 0) is 26.3 Å². The van der Waals surface area contributed by atoms with Crippen molar-refractivity contribution in [2.24, 2.45) is 0 Å². The van der Waals surface area contributed by atoms with E-state index in [0.717, 1.165) is 25.2 Å². The molecule has 1 fully saturated rings. The molecular formula is C18H28N2O3. The monoisotopic (exact) mass is 320 g/mol. The minimum absolute atomic E-state index is 0.0599. The summed E-state index contributed by atoms with van der Waals surface area (Å²) in [7, 11) is 0. The van der Waals surface area contributed by atoms with E-state index in [0.29, 0.717) is 13.2 Å². The zero-order valence-electron chi connectivity index (χ0n) is 14.3. The summed E-state index contributed by atoms with van der Waals surface area (Å²) in [4.78, 5) is 14.4. The fourth-order valence-corrected chi connectivity index (χ4v) is 2.82. The summed E-state index contributed by atoms with van der Waals surface area (Å²) >= 11 is 0. The lowest BCUT2D eigenvalue weighted by Crippen LogP contribution is -2.48. The molecule has 0 unspecified atom stereocenters. The molecule has 1 heterocycles. The van der Waals surface area contributed by atoms with Crippen molar-refractivity contribution in [1.29, 1.82) is 0 Å². The first-order valence-corrected chi connectivity index (χ1v) is 8.35. The highest BCUT2D eigenvalue weighted by atomic mass is 16.5. The van der Waals surface area contributed by atoms with Gasteiger partial charge in [0.1, 0.15) is 6.10 Å². The van der Waals surface area contributed by atoms with Crippen molar-refractivity contribution >= 4 is 5.91 Å². The number of carbonyl (C=O) groups excluding carboxylic acids is 1. The second kappa shape index (κ2) is 9.01. The van der Waals surface area contributed by atoms with Crippen LogP contribution in [0.15, 0.2) is 30.3 Å². The molecule has 1 saturated heterocycles. The SMILES string of the molecule is C[C@@H]1CN(CCNC(=O)[C@H](C)OCc2ccccc2)C[C@@H](C)O1. The van der Waals surface area contributed by atoms with Crippen LogP contribution in [-0.4, -0.2) is 55.3 Å². The Balaban J connectivity index is 1.64.